The van der Waals surface area contributed by atoms with Crippen LogP contribution in [0.15, 0.2) is 102 Å². The summed E-state index contributed by atoms with van der Waals surface area (Å²) >= 11 is 6.27. The van der Waals surface area contributed by atoms with Gasteiger partial charge in [0.25, 0.3) is 10.0 Å². The smallest absolute Gasteiger partial charge is 0.264 e. The number of rotatable bonds is 11. The van der Waals surface area contributed by atoms with Gasteiger partial charge in [0, 0.05) is 25.0 Å². The first-order valence-corrected chi connectivity index (χ1v) is 15.8. The number of hydrogen-bond donors (Lipinski definition) is 1. The fourth-order valence-electron chi connectivity index (χ4n) is 4.91. The summed E-state index contributed by atoms with van der Waals surface area (Å²) in [6.07, 6.45) is 0.237. The third-order valence-electron chi connectivity index (χ3n) is 7.49. The SMILES string of the molecule is CNC(=O)[C@H](Cc1ccccc1)N(Cc1cccc(Cl)c1)C(=O)CN(c1cccc(C)c1C)S(=O)(=O)c1ccc(C)cc1. The average Bonchev–Trinajstić information content (AvgIpc) is 2.99. The molecule has 224 valence electrons. The van der Waals surface area contributed by atoms with Crippen LogP contribution in [0.3, 0.4) is 0 Å². The number of benzene rings is 4. The maximum atomic E-state index is 14.4. The second kappa shape index (κ2) is 13.9. The molecule has 2 amide bonds. The molecule has 0 aliphatic carbocycles. The lowest BCUT2D eigenvalue weighted by molar-refractivity contribution is -0.139. The Balaban J connectivity index is 1.82. The Morgan fingerprint density at radius 2 is 1.49 bits per heavy atom. The number of nitrogens with one attached hydrogen (secondary N) is 1. The van der Waals surface area contributed by atoms with E-state index >= 15 is 0 Å². The van der Waals surface area contributed by atoms with E-state index in [9.17, 15) is 18.0 Å². The highest BCUT2D eigenvalue weighted by Crippen LogP contribution is 2.29. The van der Waals surface area contributed by atoms with E-state index in [1.807, 2.05) is 63.2 Å². The zero-order valence-corrected chi connectivity index (χ0v) is 26.3. The Hall–Kier alpha value is -4.14. The lowest BCUT2D eigenvalue weighted by Crippen LogP contribution is -2.53. The van der Waals surface area contributed by atoms with Gasteiger partial charge in [-0.15, -0.1) is 0 Å². The Morgan fingerprint density at radius 1 is 0.837 bits per heavy atom. The van der Waals surface area contributed by atoms with Gasteiger partial charge in [0.05, 0.1) is 10.6 Å². The quantitative estimate of drug-likeness (QED) is 0.229. The monoisotopic (exact) mass is 617 g/mol. The van der Waals surface area contributed by atoms with Gasteiger partial charge in [-0.05, 0) is 73.4 Å². The lowest BCUT2D eigenvalue weighted by Gasteiger charge is -2.34. The van der Waals surface area contributed by atoms with E-state index < -0.39 is 28.5 Å². The van der Waals surface area contributed by atoms with Crippen LogP contribution in [0.25, 0.3) is 0 Å². The molecule has 0 fully saturated rings. The van der Waals surface area contributed by atoms with Crippen molar-refractivity contribution in [3.63, 3.8) is 0 Å². The van der Waals surface area contributed by atoms with E-state index in [1.54, 1.807) is 54.6 Å². The first-order chi connectivity index (χ1) is 20.5. The number of hydrogen-bond acceptors (Lipinski definition) is 4. The molecular weight excluding hydrogens is 582 g/mol. The van der Waals surface area contributed by atoms with E-state index in [1.165, 1.54) is 11.9 Å². The van der Waals surface area contributed by atoms with Crippen molar-refractivity contribution in [2.45, 2.75) is 44.7 Å². The minimum absolute atomic E-state index is 0.0511. The molecule has 43 heavy (non-hydrogen) atoms. The van der Waals surface area contributed by atoms with E-state index in [0.29, 0.717) is 16.3 Å². The number of amides is 2. The number of halogens is 1. The minimum Gasteiger partial charge on any atom is -0.357 e. The maximum Gasteiger partial charge on any atom is 0.264 e. The molecule has 0 spiro atoms. The predicted molar refractivity (Wildman–Crippen MR) is 172 cm³/mol. The summed E-state index contributed by atoms with van der Waals surface area (Å²) in [5, 5.41) is 3.18. The van der Waals surface area contributed by atoms with Gasteiger partial charge < -0.3 is 10.2 Å². The van der Waals surface area contributed by atoms with Crippen LogP contribution in [0, 0.1) is 20.8 Å². The second-order valence-electron chi connectivity index (χ2n) is 10.5. The summed E-state index contributed by atoms with van der Waals surface area (Å²) in [5.74, 6) is -0.889. The Kier molecular flexibility index (Phi) is 10.3. The van der Waals surface area contributed by atoms with Crippen molar-refractivity contribution in [3.8, 4) is 0 Å². The molecule has 0 aliphatic rings. The Morgan fingerprint density at radius 3 is 2.14 bits per heavy atom. The number of carbonyl (C=O) groups is 2. The zero-order chi connectivity index (χ0) is 31.1. The number of carbonyl (C=O) groups excluding carboxylic acids is 2. The topological polar surface area (TPSA) is 86.8 Å². The largest absolute Gasteiger partial charge is 0.357 e. The van der Waals surface area contributed by atoms with E-state index in [-0.39, 0.29) is 23.8 Å². The summed E-state index contributed by atoms with van der Waals surface area (Å²) in [6, 6.07) is 27.4. The summed E-state index contributed by atoms with van der Waals surface area (Å²) < 4.78 is 29.5. The van der Waals surface area contributed by atoms with Crippen molar-refractivity contribution in [2.24, 2.45) is 0 Å². The van der Waals surface area contributed by atoms with Crippen LogP contribution in [0.2, 0.25) is 5.02 Å². The summed E-state index contributed by atoms with van der Waals surface area (Å²) in [6.45, 7) is 5.14. The standard InChI is InChI=1S/C34H36ClN3O4S/c1-24-16-18-30(19-17-24)43(41,42)38(31-15-8-10-25(2)26(31)3)23-33(39)37(22-28-13-9-14-29(35)20-28)32(34(40)36-4)21-27-11-6-5-7-12-27/h5-20,32H,21-23H2,1-4H3,(H,36,40)/t32-/m0/s1. The summed E-state index contributed by atoms with van der Waals surface area (Å²) in [5.41, 5.74) is 4.50. The minimum atomic E-state index is -4.16. The lowest BCUT2D eigenvalue weighted by atomic mass is 10.0. The first kappa shape index (κ1) is 31.8. The maximum absolute atomic E-state index is 14.4. The normalized spacial score (nSPS) is 11.9. The van der Waals surface area contributed by atoms with E-state index in [4.69, 9.17) is 11.6 Å². The van der Waals surface area contributed by atoms with Gasteiger partial charge in [-0.3, -0.25) is 13.9 Å². The number of nitrogens with zero attached hydrogens (tertiary/aromatic N) is 2. The van der Waals surface area contributed by atoms with Gasteiger partial charge in [0.15, 0.2) is 0 Å². The molecule has 4 rings (SSSR count). The highest BCUT2D eigenvalue weighted by Gasteiger charge is 2.35. The van der Waals surface area contributed by atoms with E-state index in [0.717, 1.165) is 26.6 Å². The molecule has 0 saturated heterocycles. The van der Waals surface area contributed by atoms with Crippen molar-refractivity contribution in [1.82, 2.24) is 10.2 Å². The molecule has 0 aliphatic heterocycles. The fraction of sp³-hybridized carbons (Fsp3) is 0.235. The second-order valence-corrected chi connectivity index (χ2v) is 12.8. The van der Waals surface area contributed by atoms with Gasteiger partial charge in [-0.25, -0.2) is 8.42 Å². The van der Waals surface area contributed by atoms with Crippen LogP contribution in [0.4, 0.5) is 5.69 Å². The molecule has 7 nitrogen and oxygen atoms in total. The van der Waals surface area contributed by atoms with Gasteiger partial charge in [0.2, 0.25) is 11.8 Å². The van der Waals surface area contributed by atoms with Crippen molar-refractivity contribution in [3.05, 3.63) is 130 Å². The average molecular weight is 618 g/mol. The number of aryl methyl sites for hydroxylation is 2. The molecule has 0 radical (unpaired) electrons. The summed E-state index contributed by atoms with van der Waals surface area (Å²) in [4.78, 5) is 29.3. The molecule has 0 heterocycles. The van der Waals surface area contributed by atoms with Crippen molar-refractivity contribution < 1.29 is 18.0 Å². The van der Waals surface area contributed by atoms with Crippen molar-refractivity contribution in [2.75, 3.05) is 17.9 Å². The van der Waals surface area contributed by atoms with Crippen molar-refractivity contribution in [1.29, 1.82) is 0 Å². The molecule has 1 atom stereocenters. The molecule has 0 saturated carbocycles. The van der Waals surface area contributed by atoms with Gasteiger partial charge in [0.1, 0.15) is 12.6 Å². The van der Waals surface area contributed by atoms with Gasteiger partial charge >= 0.3 is 0 Å². The molecule has 0 bridgehead atoms. The third-order valence-corrected chi connectivity index (χ3v) is 9.50. The van der Waals surface area contributed by atoms with Crippen LogP contribution in [0.5, 0.6) is 0 Å². The van der Waals surface area contributed by atoms with Crippen LogP contribution < -0.4 is 9.62 Å². The van der Waals surface area contributed by atoms with Crippen molar-refractivity contribution >= 4 is 39.1 Å². The Bertz CT molecular complexity index is 1690. The van der Waals surface area contributed by atoms with Gasteiger partial charge in [-0.1, -0.05) is 83.9 Å². The van der Waals surface area contributed by atoms with Crippen LogP contribution in [0.1, 0.15) is 27.8 Å². The predicted octanol–water partition coefficient (Wildman–Crippen LogP) is 5.85. The van der Waals surface area contributed by atoms with E-state index in [2.05, 4.69) is 5.32 Å². The zero-order valence-electron chi connectivity index (χ0n) is 24.7. The number of anilines is 1. The molecule has 1 N–H and O–H groups in total. The molecule has 0 aromatic heterocycles. The van der Waals surface area contributed by atoms with Crippen LogP contribution in [-0.2, 0) is 32.6 Å². The van der Waals surface area contributed by atoms with Gasteiger partial charge in [-0.2, -0.15) is 0 Å². The molecule has 4 aromatic carbocycles. The highest BCUT2D eigenvalue weighted by atomic mass is 35.5. The molecule has 4 aromatic rings. The number of likely N-dealkylation sites (N-methyl/N-ethyl adjacent to an activating group) is 1. The van der Waals surface area contributed by atoms with Crippen LogP contribution >= 0.6 is 11.6 Å². The summed E-state index contributed by atoms with van der Waals surface area (Å²) in [7, 11) is -2.64. The Labute approximate surface area is 259 Å². The third kappa shape index (κ3) is 7.63. The highest BCUT2D eigenvalue weighted by molar-refractivity contribution is 7.92. The number of sulfonamides is 1. The molecular formula is C34H36ClN3O4S. The van der Waals surface area contributed by atoms with Crippen LogP contribution in [-0.4, -0.2) is 44.8 Å². The molecule has 0 unspecified atom stereocenters. The first-order valence-electron chi connectivity index (χ1n) is 14.0. The molecule has 9 heteroatoms. The fourth-order valence-corrected chi connectivity index (χ4v) is 6.59.